The molecule has 0 spiro atoms. The Morgan fingerprint density at radius 2 is 2.29 bits per heavy atom. The lowest BCUT2D eigenvalue weighted by Crippen LogP contribution is -2.00. The molecule has 0 fully saturated rings. The monoisotopic (exact) mass is 264 g/mol. The molecule has 0 saturated carbocycles. The second-order valence-electron chi connectivity index (χ2n) is 4.07. The van der Waals surface area contributed by atoms with Crippen molar-refractivity contribution in [3.63, 3.8) is 0 Å². The van der Waals surface area contributed by atoms with E-state index in [9.17, 15) is 4.79 Å². The summed E-state index contributed by atoms with van der Waals surface area (Å²) in [5.41, 5.74) is 2.69. The van der Waals surface area contributed by atoms with Gasteiger partial charge in [0.05, 0.1) is 0 Å². The number of nitrogens with zero attached hydrogens (tertiary/aromatic N) is 2. The zero-order chi connectivity index (χ0) is 12.0. The molecule has 2 aromatic heterocycles. The Balaban J connectivity index is 2.21. The van der Waals surface area contributed by atoms with Gasteiger partial charge >= 0.3 is 0 Å². The number of aryl methyl sites for hydroxylation is 2. The van der Waals surface area contributed by atoms with E-state index in [2.05, 4.69) is 24.9 Å². The molecule has 5 heteroatoms. The minimum atomic E-state index is 0.728. The van der Waals surface area contributed by atoms with Crippen molar-refractivity contribution < 1.29 is 4.79 Å². The number of aromatic nitrogens is 2. The summed E-state index contributed by atoms with van der Waals surface area (Å²) in [7, 11) is 0. The summed E-state index contributed by atoms with van der Waals surface area (Å²) in [6.07, 6.45) is 0.935. The minimum absolute atomic E-state index is 0.728. The molecule has 3 rings (SSSR count). The molecule has 2 aromatic rings. The molecule has 1 aliphatic heterocycles. The number of carbonyl (C=O) groups excluding carboxylic acids is 1. The van der Waals surface area contributed by atoms with Crippen LogP contribution < -0.4 is 0 Å². The van der Waals surface area contributed by atoms with Gasteiger partial charge < -0.3 is 4.57 Å². The molecule has 0 aromatic carbocycles. The Labute approximate surface area is 108 Å². The highest BCUT2D eigenvalue weighted by molar-refractivity contribution is 7.99. The first-order valence-electron chi connectivity index (χ1n) is 5.46. The Kier molecular flexibility index (Phi) is 2.60. The quantitative estimate of drug-likeness (QED) is 0.782. The van der Waals surface area contributed by atoms with Crippen LogP contribution in [0.5, 0.6) is 0 Å². The van der Waals surface area contributed by atoms with Crippen molar-refractivity contribution >= 4 is 29.4 Å². The van der Waals surface area contributed by atoms with Gasteiger partial charge in [-0.1, -0.05) is 11.8 Å². The van der Waals surface area contributed by atoms with Gasteiger partial charge in [-0.25, -0.2) is 4.98 Å². The highest BCUT2D eigenvalue weighted by atomic mass is 32.2. The fourth-order valence-corrected chi connectivity index (χ4v) is 4.07. The number of thiophene rings is 1. The van der Waals surface area contributed by atoms with Crippen LogP contribution >= 0.6 is 23.1 Å². The summed E-state index contributed by atoms with van der Waals surface area (Å²) in [6, 6.07) is 2.12. The van der Waals surface area contributed by atoms with Crippen molar-refractivity contribution in [3.05, 3.63) is 21.5 Å². The van der Waals surface area contributed by atoms with E-state index < -0.39 is 0 Å². The molecular weight excluding hydrogens is 252 g/mol. The van der Waals surface area contributed by atoms with E-state index in [1.165, 1.54) is 9.75 Å². The highest BCUT2D eigenvalue weighted by Crippen LogP contribution is 2.36. The number of rotatable bonds is 2. The zero-order valence-corrected chi connectivity index (χ0v) is 11.3. The fourth-order valence-electron chi connectivity index (χ4n) is 2.18. The smallest absolute Gasteiger partial charge is 0.169 e. The van der Waals surface area contributed by atoms with Crippen molar-refractivity contribution in [1.29, 1.82) is 0 Å². The number of carbonyl (C=O) groups is 1. The molecule has 0 unspecified atom stereocenters. The first-order valence-corrected chi connectivity index (χ1v) is 7.27. The van der Waals surface area contributed by atoms with Crippen LogP contribution in [0.2, 0.25) is 0 Å². The largest absolute Gasteiger partial charge is 0.315 e. The summed E-state index contributed by atoms with van der Waals surface area (Å²) in [5.74, 6) is 1.02. The summed E-state index contributed by atoms with van der Waals surface area (Å²) in [4.78, 5) is 18.4. The van der Waals surface area contributed by atoms with Crippen molar-refractivity contribution in [1.82, 2.24) is 9.55 Å². The van der Waals surface area contributed by atoms with Gasteiger partial charge in [-0.3, -0.25) is 4.79 Å². The molecule has 0 radical (unpaired) electrons. The lowest BCUT2D eigenvalue weighted by molar-refractivity contribution is 0.111. The lowest BCUT2D eigenvalue weighted by atomic mass is 10.1. The summed E-state index contributed by atoms with van der Waals surface area (Å²) in [5, 5.41) is 0.977. The van der Waals surface area contributed by atoms with Gasteiger partial charge in [0.2, 0.25) is 0 Å². The highest BCUT2D eigenvalue weighted by Gasteiger charge is 2.23. The van der Waals surface area contributed by atoms with E-state index in [1.807, 2.05) is 4.57 Å². The maximum Gasteiger partial charge on any atom is 0.169 e. The molecule has 17 heavy (non-hydrogen) atoms. The predicted octanol–water partition coefficient (Wildman–Crippen LogP) is 3.15. The number of fused-ring (bicyclic) bond motifs is 1. The van der Waals surface area contributed by atoms with Crippen LogP contribution in [-0.4, -0.2) is 21.6 Å². The third-order valence-electron chi connectivity index (χ3n) is 2.93. The molecule has 0 aliphatic carbocycles. The van der Waals surface area contributed by atoms with E-state index >= 15 is 0 Å². The van der Waals surface area contributed by atoms with Crippen LogP contribution in [0.3, 0.4) is 0 Å². The van der Waals surface area contributed by atoms with Gasteiger partial charge in [-0.2, -0.15) is 0 Å². The Hall–Kier alpha value is -1.07. The fraction of sp³-hybridized carbons (Fsp3) is 0.333. The minimum Gasteiger partial charge on any atom is -0.315 e. The van der Waals surface area contributed by atoms with Crippen LogP contribution in [0.1, 0.15) is 20.2 Å². The molecule has 0 N–H and O–H groups in total. The van der Waals surface area contributed by atoms with Gasteiger partial charge in [-0.05, 0) is 19.9 Å². The first kappa shape index (κ1) is 11.0. The molecule has 3 nitrogen and oxygen atoms in total. The SMILES string of the molecule is Cc1cc(-c2nc3n(c2C=O)CCS3)c(C)s1. The first-order chi connectivity index (χ1) is 8.20. The van der Waals surface area contributed by atoms with Crippen molar-refractivity contribution in [2.75, 3.05) is 5.75 Å². The van der Waals surface area contributed by atoms with Crippen LogP contribution in [0, 0.1) is 13.8 Å². The Morgan fingerprint density at radius 1 is 1.47 bits per heavy atom. The second-order valence-corrected chi connectivity index (χ2v) is 6.60. The molecule has 0 amide bonds. The topological polar surface area (TPSA) is 34.9 Å². The van der Waals surface area contributed by atoms with Gasteiger partial charge in [0.15, 0.2) is 11.4 Å². The standard InChI is InChI=1S/C12H12N2OS2/c1-7-5-9(8(2)17-7)11-10(6-15)14-3-4-16-12(14)13-11/h5-6H,3-4H2,1-2H3. The Bertz CT molecular complexity index is 598. The van der Waals surface area contributed by atoms with Crippen molar-refractivity contribution in [3.8, 4) is 11.3 Å². The number of hydrogen-bond acceptors (Lipinski definition) is 4. The second kappa shape index (κ2) is 3.99. The van der Waals surface area contributed by atoms with Gasteiger partial charge in [-0.15, -0.1) is 11.3 Å². The maximum atomic E-state index is 11.3. The summed E-state index contributed by atoms with van der Waals surface area (Å²) in [6.45, 7) is 5.06. The van der Waals surface area contributed by atoms with E-state index in [1.54, 1.807) is 23.1 Å². The molecule has 88 valence electrons. The van der Waals surface area contributed by atoms with Crippen LogP contribution in [0.4, 0.5) is 0 Å². The maximum absolute atomic E-state index is 11.3. The predicted molar refractivity (Wildman–Crippen MR) is 71.1 cm³/mol. The van der Waals surface area contributed by atoms with Crippen LogP contribution in [-0.2, 0) is 6.54 Å². The van der Waals surface area contributed by atoms with Crippen molar-refractivity contribution in [2.24, 2.45) is 0 Å². The van der Waals surface area contributed by atoms with Gasteiger partial charge in [0, 0.05) is 27.6 Å². The molecule has 0 bridgehead atoms. The molecule has 0 saturated heterocycles. The number of thioether (sulfide) groups is 1. The molecule has 3 heterocycles. The third-order valence-corrected chi connectivity index (χ3v) is 4.85. The molecule has 0 atom stereocenters. The average molecular weight is 264 g/mol. The van der Waals surface area contributed by atoms with E-state index in [0.29, 0.717) is 0 Å². The van der Waals surface area contributed by atoms with E-state index in [0.717, 1.165) is 40.7 Å². The van der Waals surface area contributed by atoms with Crippen molar-refractivity contribution in [2.45, 2.75) is 25.5 Å². The zero-order valence-electron chi connectivity index (χ0n) is 9.69. The molecular formula is C12H12N2OS2. The van der Waals surface area contributed by atoms with Gasteiger partial charge in [0.1, 0.15) is 11.4 Å². The summed E-state index contributed by atoms with van der Waals surface area (Å²) < 4.78 is 2.03. The number of imidazole rings is 1. The Morgan fingerprint density at radius 3 is 2.94 bits per heavy atom. The van der Waals surface area contributed by atoms with Crippen LogP contribution in [0.15, 0.2) is 11.2 Å². The third kappa shape index (κ3) is 1.65. The van der Waals surface area contributed by atoms with Crippen LogP contribution in [0.25, 0.3) is 11.3 Å². The lowest BCUT2D eigenvalue weighted by Gasteiger charge is -1.99. The summed E-state index contributed by atoms with van der Waals surface area (Å²) >= 11 is 3.47. The molecule has 1 aliphatic rings. The number of hydrogen-bond donors (Lipinski definition) is 0. The van der Waals surface area contributed by atoms with Gasteiger partial charge in [0.25, 0.3) is 0 Å². The van der Waals surface area contributed by atoms with E-state index in [-0.39, 0.29) is 0 Å². The normalized spacial score (nSPS) is 14.0. The van der Waals surface area contributed by atoms with E-state index in [4.69, 9.17) is 0 Å². The number of aldehydes is 1. The average Bonchev–Trinajstić information content (AvgIpc) is 2.91.